The molecule has 1 N–H and O–H groups in total. The Morgan fingerprint density at radius 2 is 2.10 bits per heavy atom. The average molecular weight is 406 g/mol. The molecule has 4 rings (SSSR count). The molecule has 0 spiro atoms. The van der Waals surface area contributed by atoms with Crippen LogP contribution in [-0.2, 0) is 13.1 Å². The number of allylic oxidation sites excluding steroid dienone is 1. The number of ether oxygens (including phenoxy) is 1. The minimum absolute atomic E-state index is 0.689. The summed E-state index contributed by atoms with van der Waals surface area (Å²) in [6, 6.07) is 6.39. The Balaban J connectivity index is 1.22. The summed E-state index contributed by atoms with van der Waals surface area (Å²) in [5, 5.41) is 3.48. The highest BCUT2D eigenvalue weighted by atomic mass is 16.5. The van der Waals surface area contributed by atoms with Gasteiger partial charge >= 0.3 is 0 Å². The van der Waals surface area contributed by atoms with Crippen molar-refractivity contribution in [2.24, 2.45) is 11.8 Å². The minimum Gasteiger partial charge on any atom is -0.494 e. The van der Waals surface area contributed by atoms with Crippen molar-refractivity contribution in [3.05, 3.63) is 60.0 Å². The lowest BCUT2D eigenvalue weighted by Gasteiger charge is -2.12. The van der Waals surface area contributed by atoms with E-state index in [-0.39, 0.29) is 0 Å². The highest BCUT2D eigenvalue weighted by Crippen LogP contribution is 2.44. The van der Waals surface area contributed by atoms with Gasteiger partial charge in [-0.3, -0.25) is 0 Å². The third-order valence-corrected chi connectivity index (χ3v) is 6.00. The molecule has 1 aromatic carbocycles. The molecule has 0 radical (unpaired) electrons. The molecular formula is C24H31N5O. The molecule has 30 heavy (non-hydrogen) atoms. The number of aryl methyl sites for hydroxylation is 2. The van der Waals surface area contributed by atoms with Gasteiger partial charge < -0.3 is 14.6 Å². The van der Waals surface area contributed by atoms with Crippen LogP contribution < -0.4 is 10.1 Å². The summed E-state index contributed by atoms with van der Waals surface area (Å²) in [6.07, 6.45) is 6.99. The number of nitrogens with one attached hydrogen (secondary N) is 1. The Hall–Kier alpha value is -2.89. The lowest BCUT2D eigenvalue weighted by Crippen LogP contribution is -2.12. The normalized spacial score (nSPS) is 17.8. The smallest absolute Gasteiger partial charge is 0.163 e. The van der Waals surface area contributed by atoms with E-state index in [0.29, 0.717) is 12.5 Å². The fourth-order valence-corrected chi connectivity index (χ4v) is 4.01. The molecule has 0 amide bonds. The van der Waals surface area contributed by atoms with Crippen LogP contribution >= 0.6 is 0 Å². The molecule has 6 heteroatoms. The summed E-state index contributed by atoms with van der Waals surface area (Å²) >= 11 is 0. The van der Waals surface area contributed by atoms with Crippen molar-refractivity contribution in [3.63, 3.8) is 0 Å². The Morgan fingerprint density at radius 1 is 1.23 bits per heavy atom. The largest absolute Gasteiger partial charge is 0.494 e. The lowest BCUT2D eigenvalue weighted by atomic mass is 10.1. The molecule has 6 nitrogen and oxygen atoms in total. The zero-order valence-corrected chi connectivity index (χ0v) is 18.2. The maximum Gasteiger partial charge on any atom is 0.163 e. The van der Waals surface area contributed by atoms with E-state index in [4.69, 9.17) is 4.74 Å². The van der Waals surface area contributed by atoms with Gasteiger partial charge in [0.25, 0.3) is 0 Å². The maximum absolute atomic E-state index is 5.69. The van der Waals surface area contributed by atoms with E-state index in [9.17, 15) is 0 Å². The van der Waals surface area contributed by atoms with Gasteiger partial charge in [-0.2, -0.15) is 0 Å². The summed E-state index contributed by atoms with van der Waals surface area (Å²) < 4.78 is 7.87. The van der Waals surface area contributed by atoms with Gasteiger partial charge in [0.15, 0.2) is 5.65 Å². The third-order valence-electron chi connectivity index (χ3n) is 6.00. The zero-order valence-electron chi connectivity index (χ0n) is 18.2. The van der Waals surface area contributed by atoms with Gasteiger partial charge in [0.1, 0.15) is 17.6 Å². The van der Waals surface area contributed by atoms with Crippen molar-refractivity contribution < 1.29 is 4.74 Å². The molecular weight excluding hydrogens is 374 g/mol. The van der Waals surface area contributed by atoms with E-state index >= 15 is 0 Å². The standard InChI is InChI=1S/C24H31N5O/c1-5-30-22-10-19(8-6-16(22)2)12-25-17(3)7-9-20-11-21(20)13-29-15-28-23-18(4)26-14-27-24(23)29/h6,8,10,14-15,20-21,25H,3,5,7,9,11-13H2,1-2,4H3. The molecule has 158 valence electrons. The Kier molecular flexibility index (Phi) is 6.02. The summed E-state index contributed by atoms with van der Waals surface area (Å²) in [7, 11) is 0. The van der Waals surface area contributed by atoms with Gasteiger partial charge in [0.2, 0.25) is 0 Å². The molecule has 0 aliphatic heterocycles. The first kappa shape index (κ1) is 20.4. The van der Waals surface area contributed by atoms with Gasteiger partial charge in [-0.1, -0.05) is 18.7 Å². The van der Waals surface area contributed by atoms with Crippen LogP contribution in [0.1, 0.15) is 43.0 Å². The second-order valence-electron chi connectivity index (χ2n) is 8.31. The van der Waals surface area contributed by atoms with E-state index in [1.165, 1.54) is 24.0 Å². The number of benzene rings is 1. The van der Waals surface area contributed by atoms with Crippen LogP contribution in [-0.4, -0.2) is 26.1 Å². The second-order valence-corrected chi connectivity index (χ2v) is 8.31. The molecule has 2 aromatic heterocycles. The maximum atomic E-state index is 5.69. The number of fused-ring (bicyclic) bond motifs is 1. The SMILES string of the molecule is C=C(CCC1CC1Cn1cnc2c(C)ncnc21)NCc1ccc(C)c(OCC)c1. The predicted molar refractivity (Wildman–Crippen MR) is 119 cm³/mol. The summed E-state index contributed by atoms with van der Waals surface area (Å²) in [4.78, 5) is 13.1. The van der Waals surface area contributed by atoms with Gasteiger partial charge in [0, 0.05) is 18.8 Å². The van der Waals surface area contributed by atoms with Crippen molar-refractivity contribution in [2.45, 2.75) is 53.1 Å². The molecule has 1 fully saturated rings. The first-order chi connectivity index (χ1) is 14.5. The van der Waals surface area contributed by atoms with Gasteiger partial charge in [-0.15, -0.1) is 0 Å². The first-order valence-corrected chi connectivity index (χ1v) is 10.8. The van der Waals surface area contributed by atoms with Gasteiger partial charge in [-0.05, 0) is 69.1 Å². The molecule has 0 bridgehead atoms. The van der Waals surface area contributed by atoms with E-state index in [2.05, 4.69) is 56.5 Å². The summed E-state index contributed by atoms with van der Waals surface area (Å²) in [6.45, 7) is 12.8. The quantitative estimate of drug-likeness (QED) is 0.536. The summed E-state index contributed by atoms with van der Waals surface area (Å²) in [5.41, 5.74) is 6.30. The van der Waals surface area contributed by atoms with E-state index < -0.39 is 0 Å². The molecule has 2 heterocycles. The molecule has 2 unspecified atom stereocenters. The molecule has 1 aliphatic rings. The third kappa shape index (κ3) is 4.64. The van der Waals surface area contributed by atoms with Crippen LogP contribution in [0.25, 0.3) is 11.2 Å². The number of nitrogens with zero attached hydrogens (tertiary/aromatic N) is 4. The van der Waals surface area contributed by atoms with Crippen molar-refractivity contribution in [1.82, 2.24) is 24.8 Å². The fourth-order valence-electron chi connectivity index (χ4n) is 4.01. The fraction of sp³-hybridized carbons (Fsp3) is 0.458. The molecule has 0 saturated heterocycles. The van der Waals surface area contributed by atoms with Crippen LogP contribution in [0.2, 0.25) is 0 Å². The first-order valence-electron chi connectivity index (χ1n) is 10.8. The Morgan fingerprint density at radius 3 is 2.93 bits per heavy atom. The van der Waals surface area contributed by atoms with E-state index in [0.717, 1.165) is 53.7 Å². The number of imidazole rings is 1. The van der Waals surface area contributed by atoms with Crippen LogP contribution in [0.15, 0.2) is 43.1 Å². The lowest BCUT2D eigenvalue weighted by molar-refractivity contribution is 0.337. The number of rotatable bonds is 10. The van der Waals surface area contributed by atoms with Crippen molar-refractivity contribution in [1.29, 1.82) is 0 Å². The second kappa shape index (κ2) is 8.86. The van der Waals surface area contributed by atoms with Crippen LogP contribution in [0.5, 0.6) is 5.75 Å². The molecule has 1 aliphatic carbocycles. The van der Waals surface area contributed by atoms with Crippen LogP contribution in [0.4, 0.5) is 0 Å². The highest BCUT2D eigenvalue weighted by Gasteiger charge is 2.36. The number of aromatic nitrogens is 4. The highest BCUT2D eigenvalue weighted by molar-refractivity contribution is 5.72. The zero-order chi connectivity index (χ0) is 21.1. The number of hydrogen-bond donors (Lipinski definition) is 1. The van der Waals surface area contributed by atoms with E-state index in [1.807, 2.05) is 20.2 Å². The Bertz CT molecular complexity index is 1040. The topological polar surface area (TPSA) is 64.9 Å². The van der Waals surface area contributed by atoms with Gasteiger partial charge in [0.05, 0.1) is 18.6 Å². The molecule has 1 saturated carbocycles. The van der Waals surface area contributed by atoms with Crippen molar-refractivity contribution >= 4 is 11.2 Å². The average Bonchev–Trinajstić information content (AvgIpc) is 3.35. The predicted octanol–water partition coefficient (Wildman–Crippen LogP) is 4.56. The molecule has 3 aromatic rings. The summed E-state index contributed by atoms with van der Waals surface area (Å²) in [5.74, 6) is 2.43. The van der Waals surface area contributed by atoms with Crippen LogP contribution in [0.3, 0.4) is 0 Å². The monoisotopic (exact) mass is 405 g/mol. The minimum atomic E-state index is 0.689. The van der Waals surface area contributed by atoms with Crippen molar-refractivity contribution in [2.75, 3.05) is 6.61 Å². The number of hydrogen-bond acceptors (Lipinski definition) is 5. The van der Waals surface area contributed by atoms with Gasteiger partial charge in [-0.25, -0.2) is 15.0 Å². The molecule has 2 atom stereocenters. The van der Waals surface area contributed by atoms with E-state index in [1.54, 1.807) is 6.33 Å². The van der Waals surface area contributed by atoms with Crippen LogP contribution in [0, 0.1) is 25.7 Å². The Labute approximate surface area is 178 Å². The van der Waals surface area contributed by atoms with Crippen molar-refractivity contribution in [3.8, 4) is 5.75 Å².